The molecule has 0 amide bonds. The summed E-state index contributed by atoms with van der Waals surface area (Å²) in [6, 6.07) is 3.63. The molecule has 6 nitrogen and oxygen atoms in total. The van der Waals surface area contributed by atoms with E-state index >= 15 is 0 Å². The summed E-state index contributed by atoms with van der Waals surface area (Å²) < 4.78 is 20.5. The predicted octanol–water partition coefficient (Wildman–Crippen LogP) is 1.76. The Bertz CT molecular complexity index is 436. The number of rotatable bonds is 9. The van der Waals surface area contributed by atoms with Crippen LogP contribution in [0.15, 0.2) is 12.1 Å². The second kappa shape index (κ2) is 9.07. The topological polar surface area (TPSA) is 66.0 Å². The summed E-state index contributed by atoms with van der Waals surface area (Å²) in [6.07, 6.45) is 1.12. The molecule has 0 aliphatic carbocycles. The van der Waals surface area contributed by atoms with E-state index in [-0.39, 0.29) is 5.97 Å². The number of methoxy groups -OCH3 is 4. The largest absolute Gasteiger partial charge is 0.496 e. The van der Waals surface area contributed by atoms with Gasteiger partial charge in [-0.1, -0.05) is 0 Å². The molecule has 0 unspecified atom stereocenters. The summed E-state index contributed by atoms with van der Waals surface area (Å²) >= 11 is 0. The summed E-state index contributed by atoms with van der Waals surface area (Å²) in [4.78, 5) is 11.0. The second-order valence-corrected chi connectivity index (χ2v) is 4.37. The molecule has 0 aliphatic heterocycles. The number of hydrogen-bond donors (Lipinski definition) is 1. The van der Waals surface area contributed by atoms with Crippen LogP contribution >= 0.6 is 0 Å². The minimum absolute atomic E-state index is 0.198. The number of hydrogen-bond acceptors (Lipinski definition) is 6. The first-order valence-corrected chi connectivity index (χ1v) is 6.72. The van der Waals surface area contributed by atoms with Gasteiger partial charge < -0.3 is 24.3 Å². The van der Waals surface area contributed by atoms with Crippen molar-refractivity contribution in [3.8, 4) is 17.2 Å². The molecule has 1 N–H and O–H groups in total. The molecule has 0 aliphatic rings. The van der Waals surface area contributed by atoms with Gasteiger partial charge in [-0.05, 0) is 13.0 Å². The molecule has 118 valence electrons. The molecule has 0 heterocycles. The van der Waals surface area contributed by atoms with E-state index in [1.54, 1.807) is 21.3 Å². The minimum atomic E-state index is -0.198. The molecule has 0 bridgehead atoms. The van der Waals surface area contributed by atoms with Gasteiger partial charge in [0.25, 0.3) is 0 Å². The quantitative estimate of drug-likeness (QED) is 0.553. The van der Waals surface area contributed by atoms with Gasteiger partial charge in [-0.3, -0.25) is 4.79 Å². The molecule has 21 heavy (non-hydrogen) atoms. The van der Waals surface area contributed by atoms with E-state index in [1.807, 2.05) is 12.1 Å². The van der Waals surface area contributed by atoms with Crippen molar-refractivity contribution in [2.75, 3.05) is 35.0 Å². The Labute approximate surface area is 125 Å². The zero-order chi connectivity index (χ0) is 15.7. The standard InChI is InChI=1S/C15H23NO5/c1-18-11-8-13(19-2)12(14(9-11)20-3)10-16-7-5-6-15(17)21-4/h8-9,16H,5-7,10H2,1-4H3. The highest BCUT2D eigenvalue weighted by Crippen LogP contribution is 2.33. The van der Waals surface area contributed by atoms with Crippen molar-refractivity contribution < 1.29 is 23.7 Å². The highest BCUT2D eigenvalue weighted by molar-refractivity contribution is 5.69. The van der Waals surface area contributed by atoms with Gasteiger partial charge in [-0.2, -0.15) is 0 Å². The van der Waals surface area contributed by atoms with Gasteiger partial charge in [0.2, 0.25) is 0 Å². The van der Waals surface area contributed by atoms with E-state index in [0.717, 1.165) is 5.56 Å². The fourth-order valence-corrected chi connectivity index (χ4v) is 1.93. The maximum atomic E-state index is 11.0. The highest BCUT2D eigenvalue weighted by Gasteiger charge is 2.12. The molecule has 0 spiro atoms. The lowest BCUT2D eigenvalue weighted by atomic mass is 10.1. The fraction of sp³-hybridized carbons (Fsp3) is 0.533. The number of nitrogens with one attached hydrogen (secondary N) is 1. The maximum absolute atomic E-state index is 11.0. The molecule has 1 rings (SSSR count). The van der Waals surface area contributed by atoms with Crippen LogP contribution in [-0.2, 0) is 16.1 Å². The van der Waals surface area contributed by atoms with Gasteiger partial charge in [0.15, 0.2) is 0 Å². The van der Waals surface area contributed by atoms with E-state index < -0.39 is 0 Å². The van der Waals surface area contributed by atoms with E-state index in [2.05, 4.69) is 10.1 Å². The summed E-state index contributed by atoms with van der Waals surface area (Å²) in [5.74, 6) is 1.88. The molecule has 0 saturated heterocycles. The van der Waals surface area contributed by atoms with Gasteiger partial charge in [0, 0.05) is 25.1 Å². The first-order chi connectivity index (χ1) is 10.2. The number of carbonyl (C=O) groups is 1. The van der Waals surface area contributed by atoms with Crippen molar-refractivity contribution in [1.29, 1.82) is 0 Å². The van der Waals surface area contributed by atoms with Crippen LogP contribution in [0.2, 0.25) is 0 Å². The molecule has 0 saturated carbocycles. The normalized spacial score (nSPS) is 10.1. The monoisotopic (exact) mass is 297 g/mol. The SMILES string of the molecule is COC(=O)CCCNCc1c(OC)cc(OC)cc1OC. The van der Waals surface area contributed by atoms with Crippen LogP contribution in [-0.4, -0.2) is 41.0 Å². The van der Waals surface area contributed by atoms with Crippen LogP contribution < -0.4 is 19.5 Å². The van der Waals surface area contributed by atoms with Crippen LogP contribution in [0.4, 0.5) is 0 Å². The first kappa shape index (κ1) is 17.1. The van der Waals surface area contributed by atoms with Crippen molar-refractivity contribution in [3.63, 3.8) is 0 Å². The number of esters is 1. The molecule has 0 atom stereocenters. The van der Waals surface area contributed by atoms with Crippen LogP contribution in [0, 0.1) is 0 Å². The van der Waals surface area contributed by atoms with E-state index in [0.29, 0.717) is 43.2 Å². The lowest BCUT2D eigenvalue weighted by Gasteiger charge is -2.15. The molecule has 0 radical (unpaired) electrons. The molecular weight excluding hydrogens is 274 g/mol. The Morgan fingerprint density at radius 1 is 1.05 bits per heavy atom. The third kappa shape index (κ3) is 5.15. The fourth-order valence-electron chi connectivity index (χ4n) is 1.93. The first-order valence-electron chi connectivity index (χ1n) is 6.72. The maximum Gasteiger partial charge on any atom is 0.305 e. The lowest BCUT2D eigenvalue weighted by Crippen LogP contribution is -2.17. The Balaban J connectivity index is 2.62. The summed E-state index contributed by atoms with van der Waals surface area (Å²) in [5, 5.41) is 3.26. The Morgan fingerprint density at radius 2 is 1.67 bits per heavy atom. The molecular formula is C15H23NO5. The van der Waals surface area contributed by atoms with Gasteiger partial charge >= 0.3 is 5.97 Å². The molecule has 0 aromatic heterocycles. The number of ether oxygens (including phenoxy) is 4. The Kier molecular flexibility index (Phi) is 7.39. The molecule has 6 heteroatoms. The van der Waals surface area contributed by atoms with Crippen molar-refractivity contribution in [2.24, 2.45) is 0 Å². The third-order valence-electron chi connectivity index (χ3n) is 3.08. The van der Waals surface area contributed by atoms with Crippen LogP contribution in [0.1, 0.15) is 18.4 Å². The summed E-state index contributed by atoms with van der Waals surface area (Å²) in [7, 11) is 6.20. The zero-order valence-corrected chi connectivity index (χ0v) is 13.0. The van der Waals surface area contributed by atoms with Crippen LogP contribution in [0.3, 0.4) is 0 Å². The average molecular weight is 297 g/mol. The summed E-state index contributed by atoms with van der Waals surface area (Å²) in [6.45, 7) is 1.28. The Hall–Kier alpha value is -1.95. The molecule has 1 aromatic carbocycles. The van der Waals surface area contributed by atoms with Crippen LogP contribution in [0.25, 0.3) is 0 Å². The lowest BCUT2D eigenvalue weighted by molar-refractivity contribution is -0.140. The predicted molar refractivity (Wildman–Crippen MR) is 79.1 cm³/mol. The Morgan fingerprint density at radius 3 is 2.14 bits per heavy atom. The smallest absolute Gasteiger partial charge is 0.305 e. The van der Waals surface area contributed by atoms with E-state index in [9.17, 15) is 4.79 Å². The minimum Gasteiger partial charge on any atom is -0.496 e. The third-order valence-corrected chi connectivity index (χ3v) is 3.08. The average Bonchev–Trinajstić information content (AvgIpc) is 2.53. The van der Waals surface area contributed by atoms with Gasteiger partial charge in [-0.15, -0.1) is 0 Å². The van der Waals surface area contributed by atoms with Crippen molar-refractivity contribution in [2.45, 2.75) is 19.4 Å². The van der Waals surface area contributed by atoms with Crippen molar-refractivity contribution in [3.05, 3.63) is 17.7 Å². The van der Waals surface area contributed by atoms with Gasteiger partial charge in [-0.25, -0.2) is 0 Å². The van der Waals surface area contributed by atoms with Crippen molar-refractivity contribution in [1.82, 2.24) is 5.32 Å². The van der Waals surface area contributed by atoms with Gasteiger partial charge in [0.1, 0.15) is 17.2 Å². The van der Waals surface area contributed by atoms with E-state index in [1.165, 1.54) is 7.11 Å². The molecule has 0 fully saturated rings. The molecule has 1 aromatic rings. The number of carbonyl (C=O) groups excluding carboxylic acids is 1. The zero-order valence-electron chi connectivity index (χ0n) is 13.0. The second-order valence-electron chi connectivity index (χ2n) is 4.37. The summed E-state index contributed by atoms with van der Waals surface area (Å²) in [5.41, 5.74) is 0.916. The van der Waals surface area contributed by atoms with Gasteiger partial charge in [0.05, 0.1) is 34.0 Å². The van der Waals surface area contributed by atoms with Crippen LogP contribution in [0.5, 0.6) is 17.2 Å². The highest BCUT2D eigenvalue weighted by atomic mass is 16.5. The van der Waals surface area contributed by atoms with Crippen molar-refractivity contribution >= 4 is 5.97 Å². The van der Waals surface area contributed by atoms with E-state index in [4.69, 9.17) is 14.2 Å². The number of benzene rings is 1.